The minimum Gasteiger partial charge on any atom is -0.389 e. The zero-order chi connectivity index (χ0) is 14.1. The number of rotatable bonds is 10. The van der Waals surface area contributed by atoms with Crippen LogP contribution >= 0.6 is 11.3 Å². The van der Waals surface area contributed by atoms with Gasteiger partial charge in [0.1, 0.15) is 0 Å². The van der Waals surface area contributed by atoms with Crippen LogP contribution in [0.2, 0.25) is 0 Å². The van der Waals surface area contributed by atoms with Crippen molar-refractivity contribution in [3.8, 4) is 0 Å². The molecule has 0 radical (unpaired) electrons. The lowest BCUT2D eigenvalue weighted by atomic mass is 10.2. The SMILES string of the molecule is CC(C)OCCOCC(O)CNC(C)c1cccs1. The summed E-state index contributed by atoms with van der Waals surface area (Å²) in [5.74, 6) is 0. The number of hydrogen-bond donors (Lipinski definition) is 2. The summed E-state index contributed by atoms with van der Waals surface area (Å²) in [5, 5.41) is 15.1. The Morgan fingerprint density at radius 3 is 2.74 bits per heavy atom. The third-order valence-electron chi connectivity index (χ3n) is 2.62. The molecule has 2 atom stereocenters. The van der Waals surface area contributed by atoms with E-state index in [-0.39, 0.29) is 12.1 Å². The largest absolute Gasteiger partial charge is 0.389 e. The van der Waals surface area contributed by atoms with Crippen LogP contribution in [0.5, 0.6) is 0 Å². The minimum absolute atomic E-state index is 0.224. The van der Waals surface area contributed by atoms with Crippen molar-refractivity contribution < 1.29 is 14.6 Å². The molecule has 0 saturated heterocycles. The van der Waals surface area contributed by atoms with Gasteiger partial charge in [-0.2, -0.15) is 0 Å². The van der Waals surface area contributed by atoms with Gasteiger partial charge in [0, 0.05) is 17.5 Å². The van der Waals surface area contributed by atoms with Crippen molar-refractivity contribution >= 4 is 11.3 Å². The maximum Gasteiger partial charge on any atom is 0.0897 e. The molecule has 0 aliphatic carbocycles. The summed E-state index contributed by atoms with van der Waals surface area (Å²) in [6, 6.07) is 4.39. The van der Waals surface area contributed by atoms with Crippen LogP contribution in [0.25, 0.3) is 0 Å². The molecule has 1 rings (SSSR count). The van der Waals surface area contributed by atoms with Crippen molar-refractivity contribution in [2.75, 3.05) is 26.4 Å². The summed E-state index contributed by atoms with van der Waals surface area (Å²) < 4.78 is 10.7. The second-order valence-electron chi connectivity index (χ2n) is 4.79. The van der Waals surface area contributed by atoms with Gasteiger partial charge in [0.25, 0.3) is 0 Å². The van der Waals surface area contributed by atoms with E-state index in [0.717, 1.165) is 0 Å². The minimum atomic E-state index is -0.485. The fourth-order valence-electron chi connectivity index (χ4n) is 1.57. The molecule has 0 spiro atoms. The van der Waals surface area contributed by atoms with E-state index in [1.54, 1.807) is 11.3 Å². The van der Waals surface area contributed by atoms with Gasteiger partial charge in [-0.25, -0.2) is 0 Å². The van der Waals surface area contributed by atoms with E-state index >= 15 is 0 Å². The first kappa shape index (κ1) is 16.6. The van der Waals surface area contributed by atoms with Crippen LogP contribution in [-0.2, 0) is 9.47 Å². The predicted octanol–water partition coefficient (Wildman–Crippen LogP) is 2.20. The standard InChI is InChI=1S/C14H25NO3S/c1-11(2)18-7-6-17-10-13(16)9-15-12(3)14-5-4-8-19-14/h4-5,8,11-13,15-16H,6-7,9-10H2,1-3H3. The summed E-state index contributed by atoms with van der Waals surface area (Å²) in [7, 11) is 0. The molecule has 0 bridgehead atoms. The van der Waals surface area contributed by atoms with Crippen molar-refractivity contribution in [3.05, 3.63) is 22.4 Å². The highest BCUT2D eigenvalue weighted by atomic mass is 32.1. The molecule has 0 saturated carbocycles. The van der Waals surface area contributed by atoms with E-state index in [1.807, 2.05) is 19.9 Å². The maximum atomic E-state index is 9.78. The molecule has 2 N–H and O–H groups in total. The van der Waals surface area contributed by atoms with Crippen LogP contribution in [-0.4, -0.2) is 43.7 Å². The number of hydrogen-bond acceptors (Lipinski definition) is 5. The van der Waals surface area contributed by atoms with Gasteiger partial charge in [0.05, 0.1) is 32.0 Å². The first-order valence-electron chi connectivity index (χ1n) is 6.73. The Morgan fingerprint density at radius 2 is 2.11 bits per heavy atom. The van der Waals surface area contributed by atoms with Gasteiger partial charge in [0.2, 0.25) is 0 Å². The van der Waals surface area contributed by atoms with Crippen LogP contribution < -0.4 is 5.32 Å². The fourth-order valence-corrected chi connectivity index (χ4v) is 2.33. The van der Waals surface area contributed by atoms with Crippen LogP contribution in [0.3, 0.4) is 0 Å². The van der Waals surface area contributed by atoms with E-state index in [0.29, 0.717) is 26.4 Å². The van der Waals surface area contributed by atoms with Gasteiger partial charge < -0.3 is 19.9 Å². The molecule has 1 aromatic rings. The number of aliphatic hydroxyl groups excluding tert-OH is 1. The van der Waals surface area contributed by atoms with Crippen molar-refractivity contribution in [1.82, 2.24) is 5.32 Å². The number of thiophene rings is 1. The van der Waals surface area contributed by atoms with E-state index < -0.39 is 6.10 Å². The first-order valence-corrected chi connectivity index (χ1v) is 7.61. The summed E-state index contributed by atoms with van der Waals surface area (Å²) >= 11 is 1.72. The normalized spacial score (nSPS) is 14.8. The van der Waals surface area contributed by atoms with Gasteiger partial charge in [0.15, 0.2) is 0 Å². The highest BCUT2D eigenvalue weighted by Crippen LogP contribution is 2.17. The van der Waals surface area contributed by atoms with Crippen molar-refractivity contribution in [2.24, 2.45) is 0 Å². The van der Waals surface area contributed by atoms with Crippen molar-refractivity contribution in [1.29, 1.82) is 0 Å². The highest BCUT2D eigenvalue weighted by molar-refractivity contribution is 7.10. The Labute approximate surface area is 119 Å². The van der Waals surface area contributed by atoms with Crippen LogP contribution in [0.4, 0.5) is 0 Å². The Morgan fingerprint density at radius 1 is 1.32 bits per heavy atom. The summed E-state index contributed by atoms with van der Waals surface area (Å²) in [5.41, 5.74) is 0. The van der Waals surface area contributed by atoms with Crippen LogP contribution in [0.15, 0.2) is 17.5 Å². The van der Waals surface area contributed by atoms with Crippen molar-refractivity contribution in [2.45, 2.75) is 39.0 Å². The van der Waals surface area contributed by atoms with Crippen LogP contribution in [0.1, 0.15) is 31.7 Å². The Kier molecular flexibility index (Phi) is 8.25. The average molecular weight is 287 g/mol. The Bertz CT molecular complexity index is 317. The average Bonchev–Trinajstić information content (AvgIpc) is 2.89. The molecule has 0 fully saturated rings. The number of nitrogens with one attached hydrogen (secondary N) is 1. The molecular formula is C14H25NO3S. The predicted molar refractivity (Wildman–Crippen MR) is 78.7 cm³/mol. The lowest BCUT2D eigenvalue weighted by molar-refractivity contribution is -0.0104. The third-order valence-corrected chi connectivity index (χ3v) is 3.67. The maximum absolute atomic E-state index is 9.78. The molecule has 5 heteroatoms. The van der Waals surface area contributed by atoms with Gasteiger partial charge in [-0.05, 0) is 32.2 Å². The van der Waals surface area contributed by atoms with E-state index in [4.69, 9.17) is 9.47 Å². The summed E-state index contributed by atoms with van der Waals surface area (Å²) in [6.45, 7) is 8.04. The molecule has 1 aromatic heterocycles. The third kappa shape index (κ3) is 7.64. The van der Waals surface area contributed by atoms with Gasteiger partial charge in [-0.15, -0.1) is 11.3 Å². The van der Waals surface area contributed by atoms with Gasteiger partial charge in [-0.3, -0.25) is 0 Å². The molecule has 0 amide bonds. The second kappa shape index (κ2) is 9.44. The topological polar surface area (TPSA) is 50.7 Å². The van der Waals surface area contributed by atoms with E-state index in [9.17, 15) is 5.11 Å². The van der Waals surface area contributed by atoms with Gasteiger partial charge >= 0.3 is 0 Å². The first-order chi connectivity index (χ1) is 9.09. The number of aliphatic hydroxyl groups is 1. The summed E-state index contributed by atoms with van der Waals surface area (Å²) in [6.07, 6.45) is -0.261. The molecule has 2 unspecified atom stereocenters. The van der Waals surface area contributed by atoms with Crippen LogP contribution in [0, 0.1) is 0 Å². The molecule has 0 aromatic carbocycles. The monoisotopic (exact) mass is 287 g/mol. The molecule has 0 aliphatic rings. The lowest BCUT2D eigenvalue weighted by Gasteiger charge is -2.16. The van der Waals surface area contributed by atoms with E-state index in [1.165, 1.54) is 4.88 Å². The van der Waals surface area contributed by atoms with Gasteiger partial charge in [-0.1, -0.05) is 6.07 Å². The zero-order valence-corrected chi connectivity index (χ0v) is 12.8. The number of ether oxygens (including phenoxy) is 2. The fraction of sp³-hybridized carbons (Fsp3) is 0.714. The molecule has 4 nitrogen and oxygen atoms in total. The highest BCUT2D eigenvalue weighted by Gasteiger charge is 2.09. The second-order valence-corrected chi connectivity index (χ2v) is 5.77. The molecule has 19 heavy (non-hydrogen) atoms. The molecule has 110 valence electrons. The molecular weight excluding hydrogens is 262 g/mol. The van der Waals surface area contributed by atoms with E-state index in [2.05, 4.69) is 23.7 Å². The summed E-state index contributed by atoms with van der Waals surface area (Å²) in [4.78, 5) is 1.28. The quantitative estimate of drug-likeness (QED) is 0.648. The lowest BCUT2D eigenvalue weighted by Crippen LogP contribution is -2.32. The Balaban J connectivity index is 2.03. The van der Waals surface area contributed by atoms with Crippen molar-refractivity contribution in [3.63, 3.8) is 0 Å². The smallest absolute Gasteiger partial charge is 0.0897 e. The zero-order valence-electron chi connectivity index (χ0n) is 12.0. The molecule has 0 aliphatic heterocycles. The Hall–Kier alpha value is -0.460. The molecule has 1 heterocycles.